The third-order valence-corrected chi connectivity index (χ3v) is 4.85. The van der Waals surface area contributed by atoms with Gasteiger partial charge in [0.05, 0.1) is 29.0 Å². The van der Waals surface area contributed by atoms with Crippen LogP contribution in [-0.4, -0.2) is 14.8 Å². The molecule has 3 aromatic rings. The van der Waals surface area contributed by atoms with Crippen molar-refractivity contribution in [3.05, 3.63) is 53.6 Å². The first-order valence-electron chi connectivity index (χ1n) is 7.55. The number of rotatable bonds is 1. The Morgan fingerprint density at radius 1 is 0.864 bits per heavy atom. The van der Waals surface area contributed by atoms with E-state index in [0.717, 1.165) is 40.4 Å². The SMILES string of the molecule is Oc1c2c(c(O)n1-c1ccc3ccccc3c1)C1CCC2O1. The summed E-state index contributed by atoms with van der Waals surface area (Å²) in [6.07, 6.45) is 1.67. The molecule has 110 valence electrons. The normalized spacial score (nSPS) is 22.4. The monoisotopic (exact) mass is 293 g/mol. The Hall–Kier alpha value is -2.46. The third-order valence-electron chi connectivity index (χ3n) is 4.85. The molecule has 4 nitrogen and oxygen atoms in total. The fourth-order valence-corrected chi connectivity index (χ4v) is 3.84. The summed E-state index contributed by atoms with van der Waals surface area (Å²) < 4.78 is 7.30. The topological polar surface area (TPSA) is 54.6 Å². The second-order valence-electron chi connectivity index (χ2n) is 6.03. The molecule has 3 heterocycles. The van der Waals surface area contributed by atoms with Crippen LogP contribution in [0, 0.1) is 0 Å². The standard InChI is InChI=1S/C18H15NO3/c20-17-15-13-7-8-14(22-13)16(15)18(21)19(17)12-6-5-10-3-1-2-4-11(10)9-12/h1-6,9,13-14,20-21H,7-8H2. The van der Waals surface area contributed by atoms with E-state index in [9.17, 15) is 10.2 Å². The van der Waals surface area contributed by atoms with Crippen LogP contribution in [0.1, 0.15) is 36.2 Å². The van der Waals surface area contributed by atoms with E-state index in [1.165, 1.54) is 4.57 Å². The molecular formula is C18H15NO3. The molecule has 0 amide bonds. The minimum atomic E-state index is -0.0763. The Balaban J connectivity index is 1.75. The van der Waals surface area contributed by atoms with Crippen LogP contribution in [-0.2, 0) is 4.74 Å². The molecule has 1 saturated heterocycles. The van der Waals surface area contributed by atoms with E-state index in [0.29, 0.717) is 0 Å². The first-order valence-corrected chi connectivity index (χ1v) is 7.55. The number of ether oxygens (including phenoxy) is 1. The number of nitrogens with zero attached hydrogens (tertiary/aromatic N) is 1. The van der Waals surface area contributed by atoms with Gasteiger partial charge >= 0.3 is 0 Å². The Labute approximate surface area is 127 Å². The molecule has 2 aliphatic rings. The average Bonchev–Trinajstić information content (AvgIpc) is 3.21. The molecule has 1 aromatic heterocycles. The zero-order valence-electron chi connectivity index (χ0n) is 11.9. The second-order valence-corrected chi connectivity index (χ2v) is 6.03. The molecular weight excluding hydrogens is 278 g/mol. The second kappa shape index (κ2) is 4.05. The molecule has 2 bridgehead atoms. The molecule has 2 N–H and O–H groups in total. The lowest BCUT2D eigenvalue weighted by atomic mass is 9.95. The maximum Gasteiger partial charge on any atom is 0.205 e. The summed E-state index contributed by atoms with van der Waals surface area (Å²) in [4.78, 5) is 0. The van der Waals surface area contributed by atoms with E-state index < -0.39 is 0 Å². The van der Waals surface area contributed by atoms with Gasteiger partial charge < -0.3 is 14.9 Å². The molecule has 0 saturated carbocycles. The number of hydrogen-bond acceptors (Lipinski definition) is 3. The highest BCUT2D eigenvalue weighted by atomic mass is 16.5. The van der Waals surface area contributed by atoms with Crippen LogP contribution >= 0.6 is 0 Å². The molecule has 2 aliphatic heterocycles. The minimum Gasteiger partial charge on any atom is -0.494 e. The quantitative estimate of drug-likeness (QED) is 0.714. The number of fused-ring (bicyclic) bond motifs is 6. The molecule has 2 unspecified atom stereocenters. The predicted octanol–water partition coefficient (Wildman–Crippen LogP) is 3.95. The van der Waals surface area contributed by atoms with E-state index in [2.05, 4.69) is 0 Å². The first-order chi connectivity index (χ1) is 10.7. The van der Waals surface area contributed by atoms with Gasteiger partial charge in [-0.15, -0.1) is 0 Å². The van der Waals surface area contributed by atoms with E-state index in [1.54, 1.807) is 0 Å². The van der Waals surface area contributed by atoms with Crippen molar-refractivity contribution >= 4 is 10.8 Å². The predicted molar refractivity (Wildman–Crippen MR) is 82.4 cm³/mol. The van der Waals surface area contributed by atoms with Gasteiger partial charge in [0.25, 0.3) is 0 Å². The first kappa shape index (κ1) is 12.1. The highest BCUT2D eigenvalue weighted by Crippen LogP contribution is 2.58. The van der Waals surface area contributed by atoms with Crippen molar-refractivity contribution in [3.63, 3.8) is 0 Å². The third kappa shape index (κ3) is 1.40. The summed E-state index contributed by atoms with van der Waals surface area (Å²) in [6.45, 7) is 0. The number of aromatic nitrogens is 1. The van der Waals surface area contributed by atoms with Crippen molar-refractivity contribution in [2.45, 2.75) is 25.0 Å². The minimum absolute atomic E-state index is 0.0763. The molecule has 2 atom stereocenters. The maximum absolute atomic E-state index is 10.6. The van der Waals surface area contributed by atoms with Crippen molar-refractivity contribution in [1.82, 2.24) is 4.57 Å². The Kier molecular flexibility index (Phi) is 2.23. The summed E-state index contributed by atoms with van der Waals surface area (Å²) in [5, 5.41) is 23.4. The van der Waals surface area contributed by atoms with Crippen molar-refractivity contribution in [1.29, 1.82) is 0 Å². The summed E-state index contributed by atoms with van der Waals surface area (Å²) in [7, 11) is 0. The molecule has 5 rings (SSSR count). The van der Waals surface area contributed by atoms with Crippen LogP contribution < -0.4 is 0 Å². The van der Waals surface area contributed by atoms with Crippen molar-refractivity contribution in [3.8, 4) is 17.4 Å². The fourth-order valence-electron chi connectivity index (χ4n) is 3.84. The van der Waals surface area contributed by atoms with Gasteiger partial charge in [-0.2, -0.15) is 0 Å². The largest absolute Gasteiger partial charge is 0.494 e. The van der Waals surface area contributed by atoms with Gasteiger partial charge in [0.2, 0.25) is 11.8 Å². The van der Waals surface area contributed by atoms with Crippen molar-refractivity contribution in [2.24, 2.45) is 0 Å². The highest BCUT2D eigenvalue weighted by Gasteiger charge is 2.45. The van der Waals surface area contributed by atoms with Crippen LogP contribution in [0.15, 0.2) is 42.5 Å². The van der Waals surface area contributed by atoms with Crippen LogP contribution in [0.5, 0.6) is 11.8 Å². The van der Waals surface area contributed by atoms with Crippen LogP contribution in [0.4, 0.5) is 0 Å². The lowest BCUT2D eigenvalue weighted by molar-refractivity contribution is 0.0683. The van der Waals surface area contributed by atoms with Crippen LogP contribution in [0.25, 0.3) is 16.5 Å². The van der Waals surface area contributed by atoms with Gasteiger partial charge in [0, 0.05) is 0 Å². The summed E-state index contributed by atoms with van der Waals surface area (Å²) in [5.74, 6) is 0.213. The molecule has 0 spiro atoms. The molecule has 1 fully saturated rings. The molecule has 4 heteroatoms. The highest BCUT2D eigenvalue weighted by molar-refractivity contribution is 5.84. The summed E-state index contributed by atoms with van der Waals surface area (Å²) in [6, 6.07) is 13.9. The molecule has 0 radical (unpaired) electrons. The van der Waals surface area contributed by atoms with Gasteiger partial charge in [-0.25, -0.2) is 0 Å². The number of aromatic hydroxyl groups is 2. The number of hydrogen-bond donors (Lipinski definition) is 2. The fraction of sp³-hybridized carbons (Fsp3) is 0.222. The molecule has 22 heavy (non-hydrogen) atoms. The smallest absolute Gasteiger partial charge is 0.205 e. The lowest BCUT2D eigenvalue weighted by Gasteiger charge is -2.11. The van der Waals surface area contributed by atoms with E-state index in [4.69, 9.17) is 4.74 Å². The van der Waals surface area contributed by atoms with Gasteiger partial charge in [-0.1, -0.05) is 30.3 Å². The van der Waals surface area contributed by atoms with Gasteiger partial charge in [-0.3, -0.25) is 4.57 Å². The summed E-state index contributed by atoms with van der Waals surface area (Å²) >= 11 is 0. The van der Waals surface area contributed by atoms with Gasteiger partial charge in [-0.05, 0) is 35.7 Å². The van der Waals surface area contributed by atoms with Crippen molar-refractivity contribution < 1.29 is 14.9 Å². The zero-order chi connectivity index (χ0) is 14.8. The molecule has 0 aliphatic carbocycles. The van der Waals surface area contributed by atoms with Gasteiger partial charge in [0.1, 0.15) is 0 Å². The average molecular weight is 293 g/mol. The van der Waals surface area contributed by atoms with Crippen LogP contribution in [0.2, 0.25) is 0 Å². The maximum atomic E-state index is 10.6. The van der Waals surface area contributed by atoms with E-state index >= 15 is 0 Å². The number of benzene rings is 2. The van der Waals surface area contributed by atoms with E-state index in [1.807, 2.05) is 42.5 Å². The summed E-state index contributed by atoms with van der Waals surface area (Å²) in [5.41, 5.74) is 2.30. The van der Waals surface area contributed by atoms with Gasteiger partial charge in [0.15, 0.2) is 0 Å². The van der Waals surface area contributed by atoms with Crippen LogP contribution in [0.3, 0.4) is 0 Å². The van der Waals surface area contributed by atoms with E-state index in [-0.39, 0.29) is 24.0 Å². The Morgan fingerprint density at radius 3 is 2.18 bits per heavy atom. The van der Waals surface area contributed by atoms with Crippen molar-refractivity contribution in [2.75, 3.05) is 0 Å². The lowest BCUT2D eigenvalue weighted by Crippen LogP contribution is -1.96. The Bertz CT molecular complexity index is 879. The Morgan fingerprint density at radius 2 is 1.50 bits per heavy atom. The molecule has 2 aromatic carbocycles. The zero-order valence-corrected chi connectivity index (χ0v) is 11.9.